The number of carbonyl (C=O) groups is 1. The minimum Gasteiger partial charge on any atom is -0.460 e. The lowest BCUT2D eigenvalue weighted by atomic mass is 10.1. The van der Waals surface area contributed by atoms with Crippen LogP contribution in [0.5, 0.6) is 0 Å². The maximum Gasteiger partial charge on any atom is 0.310 e. The highest BCUT2D eigenvalue weighted by molar-refractivity contribution is 5.73. The summed E-state index contributed by atoms with van der Waals surface area (Å²) in [6.45, 7) is 5.30. The second-order valence-corrected chi connectivity index (χ2v) is 4.69. The number of nitriles is 1. The van der Waals surface area contributed by atoms with Gasteiger partial charge in [-0.15, -0.1) is 0 Å². The molecule has 0 heterocycles. The summed E-state index contributed by atoms with van der Waals surface area (Å²) < 4.78 is 18.4. The summed E-state index contributed by atoms with van der Waals surface area (Å²) in [7, 11) is 0. The molecule has 1 rings (SSSR count). The van der Waals surface area contributed by atoms with Crippen LogP contribution in [0, 0.1) is 17.1 Å². The van der Waals surface area contributed by atoms with E-state index in [1.807, 2.05) is 0 Å². The highest BCUT2D eigenvalue weighted by Crippen LogP contribution is 2.13. The maximum absolute atomic E-state index is 13.3. The van der Waals surface area contributed by atoms with E-state index >= 15 is 0 Å². The van der Waals surface area contributed by atoms with Crippen molar-refractivity contribution >= 4 is 5.97 Å². The fourth-order valence-electron chi connectivity index (χ4n) is 1.30. The number of benzene rings is 1. The van der Waals surface area contributed by atoms with Crippen molar-refractivity contribution in [1.82, 2.24) is 0 Å². The Bertz CT molecular complexity index is 469. The Labute approximate surface area is 99.8 Å². The predicted molar refractivity (Wildman–Crippen MR) is 60.7 cm³/mol. The van der Waals surface area contributed by atoms with E-state index in [0.29, 0.717) is 5.56 Å². The van der Waals surface area contributed by atoms with Crippen LogP contribution in [0.4, 0.5) is 4.39 Å². The summed E-state index contributed by atoms with van der Waals surface area (Å²) >= 11 is 0. The van der Waals surface area contributed by atoms with Gasteiger partial charge in [-0.05, 0) is 38.5 Å². The van der Waals surface area contributed by atoms with Crippen LogP contribution >= 0.6 is 0 Å². The quantitative estimate of drug-likeness (QED) is 0.740. The van der Waals surface area contributed by atoms with Gasteiger partial charge in [0.25, 0.3) is 0 Å². The van der Waals surface area contributed by atoms with Crippen molar-refractivity contribution in [1.29, 1.82) is 5.26 Å². The van der Waals surface area contributed by atoms with Gasteiger partial charge in [0.2, 0.25) is 0 Å². The van der Waals surface area contributed by atoms with Gasteiger partial charge < -0.3 is 4.74 Å². The number of hydrogen-bond donors (Lipinski definition) is 0. The molecule has 0 aliphatic heterocycles. The molecule has 90 valence electrons. The molecule has 17 heavy (non-hydrogen) atoms. The van der Waals surface area contributed by atoms with Gasteiger partial charge >= 0.3 is 5.97 Å². The highest BCUT2D eigenvalue weighted by atomic mass is 19.1. The normalized spacial score (nSPS) is 10.8. The van der Waals surface area contributed by atoms with Crippen molar-refractivity contribution in [2.75, 3.05) is 0 Å². The molecular weight excluding hydrogens is 221 g/mol. The van der Waals surface area contributed by atoms with E-state index in [1.165, 1.54) is 12.1 Å². The molecule has 1 aromatic carbocycles. The number of esters is 1. The maximum atomic E-state index is 13.3. The molecule has 0 unspecified atom stereocenters. The molecule has 0 radical (unpaired) electrons. The number of halogens is 1. The first-order chi connectivity index (χ1) is 7.81. The monoisotopic (exact) mass is 235 g/mol. The molecule has 0 aliphatic rings. The molecule has 4 heteroatoms. The molecule has 0 atom stereocenters. The zero-order valence-electron chi connectivity index (χ0n) is 10.1. The first kappa shape index (κ1) is 13.2. The third-order valence-electron chi connectivity index (χ3n) is 1.92. The van der Waals surface area contributed by atoms with Gasteiger partial charge in [-0.3, -0.25) is 4.79 Å². The SMILES string of the molecule is CC(C)(C)OC(=O)Cc1ccc(C#N)c(F)c1. The molecule has 0 fully saturated rings. The third kappa shape index (κ3) is 4.23. The Balaban J connectivity index is 2.74. The summed E-state index contributed by atoms with van der Waals surface area (Å²) in [5.74, 6) is -1.03. The standard InChI is InChI=1S/C13H14FNO2/c1-13(2,3)17-12(16)7-9-4-5-10(8-15)11(14)6-9/h4-6H,7H2,1-3H3. The Morgan fingerprint density at radius 2 is 2.12 bits per heavy atom. The number of nitrogens with zero attached hydrogens (tertiary/aromatic N) is 1. The summed E-state index contributed by atoms with van der Waals surface area (Å²) in [4.78, 5) is 11.5. The topological polar surface area (TPSA) is 50.1 Å². The van der Waals surface area contributed by atoms with Crippen LogP contribution in [0.3, 0.4) is 0 Å². The van der Waals surface area contributed by atoms with E-state index in [1.54, 1.807) is 32.9 Å². The van der Waals surface area contributed by atoms with Crippen molar-refractivity contribution in [3.8, 4) is 6.07 Å². The predicted octanol–water partition coefficient (Wildman–Crippen LogP) is 2.58. The van der Waals surface area contributed by atoms with E-state index in [9.17, 15) is 9.18 Å². The average Bonchev–Trinajstić information content (AvgIpc) is 2.14. The van der Waals surface area contributed by atoms with Gasteiger partial charge in [-0.1, -0.05) is 6.07 Å². The Kier molecular flexibility index (Phi) is 3.84. The van der Waals surface area contributed by atoms with Crippen molar-refractivity contribution < 1.29 is 13.9 Å². The number of carbonyl (C=O) groups excluding carboxylic acids is 1. The van der Waals surface area contributed by atoms with Crippen molar-refractivity contribution in [3.05, 3.63) is 35.1 Å². The second kappa shape index (κ2) is 4.96. The molecule has 0 saturated heterocycles. The Hall–Kier alpha value is -1.89. The molecule has 0 saturated carbocycles. The van der Waals surface area contributed by atoms with Crippen molar-refractivity contribution in [2.45, 2.75) is 32.8 Å². The first-order valence-electron chi connectivity index (χ1n) is 5.22. The lowest BCUT2D eigenvalue weighted by Crippen LogP contribution is -2.24. The zero-order chi connectivity index (χ0) is 13.1. The molecule has 0 N–H and O–H groups in total. The van der Waals surface area contributed by atoms with E-state index in [0.717, 1.165) is 0 Å². The van der Waals surface area contributed by atoms with E-state index in [2.05, 4.69) is 0 Å². The molecule has 3 nitrogen and oxygen atoms in total. The van der Waals surface area contributed by atoms with Crippen molar-refractivity contribution in [2.24, 2.45) is 0 Å². The number of hydrogen-bond acceptors (Lipinski definition) is 3. The second-order valence-electron chi connectivity index (χ2n) is 4.69. The van der Waals surface area contributed by atoms with E-state index < -0.39 is 17.4 Å². The van der Waals surface area contributed by atoms with E-state index in [-0.39, 0.29) is 12.0 Å². The number of ether oxygens (including phenoxy) is 1. The van der Waals surface area contributed by atoms with Crippen LogP contribution in [0.2, 0.25) is 0 Å². The van der Waals surface area contributed by atoms with Crippen LogP contribution < -0.4 is 0 Å². The van der Waals surface area contributed by atoms with Crippen molar-refractivity contribution in [3.63, 3.8) is 0 Å². The third-order valence-corrected chi connectivity index (χ3v) is 1.92. The smallest absolute Gasteiger partial charge is 0.310 e. The van der Waals surface area contributed by atoms with Crippen LogP contribution in [0.1, 0.15) is 31.9 Å². The molecule has 0 aromatic heterocycles. The zero-order valence-corrected chi connectivity index (χ0v) is 10.1. The molecule has 0 spiro atoms. The van der Waals surface area contributed by atoms with Gasteiger partial charge in [0.15, 0.2) is 0 Å². The largest absolute Gasteiger partial charge is 0.460 e. The van der Waals surface area contributed by atoms with Gasteiger partial charge in [-0.2, -0.15) is 5.26 Å². The first-order valence-corrected chi connectivity index (χ1v) is 5.22. The molecular formula is C13H14FNO2. The molecule has 1 aromatic rings. The molecule has 0 amide bonds. The molecule has 0 bridgehead atoms. The van der Waals surface area contributed by atoms with Gasteiger partial charge in [-0.25, -0.2) is 4.39 Å². The Morgan fingerprint density at radius 3 is 2.59 bits per heavy atom. The van der Waals surface area contributed by atoms with Crippen LogP contribution in [-0.2, 0) is 16.0 Å². The summed E-state index contributed by atoms with van der Waals surface area (Å²) in [6, 6.07) is 5.81. The highest BCUT2D eigenvalue weighted by Gasteiger charge is 2.16. The van der Waals surface area contributed by atoms with E-state index in [4.69, 9.17) is 10.00 Å². The summed E-state index contributed by atoms with van der Waals surface area (Å²) in [5.41, 5.74) is -0.0870. The summed E-state index contributed by atoms with van der Waals surface area (Å²) in [6.07, 6.45) is -0.000101. The summed E-state index contributed by atoms with van der Waals surface area (Å²) in [5, 5.41) is 8.56. The van der Waals surface area contributed by atoms with Crippen LogP contribution in [0.25, 0.3) is 0 Å². The van der Waals surface area contributed by atoms with Crippen LogP contribution in [0.15, 0.2) is 18.2 Å². The fourth-order valence-corrected chi connectivity index (χ4v) is 1.30. The average molecular weight is 235 g/mol. The number of rotatable bonds is 2. The lowest BCUT2D eigenvalue weighted by Gasteiger charge is -2.19. The fraction of sp³-hybridized carbons (Fsp3) is 0.385. The lowest BCUT2D eigenvalue weighted by molar-refractivity contribution is -0.153. The minimum atomic E-state index is -0.617. The van der Waals surface area contributed by atoms with Gasteiger partial charge in [0.1, 0.15) is 17.5 Å². The van der Waals surface area contributed by atoms with Gasteiger partial charge in [0, 0.05) is 0 Å². The van der Waals surface area contributed by atoms with Gasteiger partial charge in [0.05, 0.1) is 12.0 Å². The Morgan fingerprint density at radius 1 is 1.47 bits per heavy atom. The van der Waals surface area contributed by atoms with Crippen LogP contribution in [-0.4, -0.2) is 11.6 Å². The molecule has 0 aliphatic carbocycles. The minimum absolute atomic E-state index is 0.000101.